The largest absolute Gasteiger partial charge is 0.352 e. The molecule has 2 N–H and O–H groups in total. The van der Waals surface area contributed by atoms with E-state index in [2.05, 4.69) is 68.0 Å². The van der Waals surface area contributed by atoms with E-state index >= 15 is 0 Å². The van der Waals surface area contributed by atoms with Gasteiger partial charge >= 0.3 is 0 Å². The van der Waals surface area contributed by atoms with Crippen molar-refractivity contribution in [2.45, 2.75) is 38.9 Å². The second-order valence-electron chi connectivity index (χ2n) is 8.03. The van der Waals surface area contributed by atoms with Gasteiger partial charge in [0.05, 0.1) is 12.0 Å². The molecule has 0 saturated carbocycles. The van der Waals surface area contributed by atoms with E-state index in [0.717, 1.165) is 24.7 Å². The molecular weight excluding hydrogens is 511 g/mol. The minimum absolute atomic E-state index is 0. The molecule has 0 aliphatic carbocycles. The van der Waals surface area contributed by atoms with Gasteiger partial charge in [-0.1, -0.05) is 48.9 Å². The summed E-state index contributed by atoms with van der Waals surface area (Å²) >= 11 is 0. The van der Waals surface area contributed by atoms with Crippen molar-refractivity contribution in [2.24, 2.45) is 4.99 Å². The van der Waals surface area contributed by atoms with E-state index in [1.165, 1.54) is 49.0 Å². The maximum absolute atomic E-state index is 4.37. The van der Waals surface area contributed by atoms with Crippen LogP contribution < -0.4 is 10.6 Å². The number of rotatable bonds is 7. The molecule has 0 radical (unpaired) electrons. The molecule has 0 atom stereocenters. The molecule has 0 bridgehead atoms. The molecule has 1 saturated heterocycles. The number of piperidine rings is 1. The molecule has 1 aliphatic heterocycles. The Kier molecular flexibility index (Phi) is 9.55. The zero-order chi connectivity index (χ0) is 21.3. The quantitative estimate of drug-likeness (QED) is 0.264. The first-order valence-electron chi connectivity index (χ1n) is 11.1. The number of hydrogen-bond acceptors (Lipinski definition) is 3. The van der Waals surface area contributed by atoms with E-state index in [4.69, 9.17) is 0 Å². The molecule has 2 heterocycles. The average Bonchev–Trinajstić information content (AvgIpc) is 3.36. The van der Waals surface area contributed by atoms with E-state index in [9.17, 15) is 0 Å². The van der Waals surface area contributed by atoms with Gasteiger partial charge < -0.3 is 15.2 Å². The summed E-state index contributed by atoms with van der Waals surface area (Å²) in [5.74, 6) is 0.790. The Hall–Kier alpha value is -2.39. The van der Waals surface area contributed by atoms with Gasteiger partial charge in [-0.2, -0.15) is 0 Å². The summed E-state index contributed by atoms with van der Waals surface area (Å²) in [5.41, 5.74) is 4.95. The van der Waals surface area contributed by atoms with Crippen LogP contribution in [-0.4, -0.2) is 40.5 Å². The number of nitrogens with zero attached hydrogens (tertiary/aromatic N) is 4. The van der Waals surface area contributed by atoms with Crippen LogP contribution in [0.25, 0.3) is 5.69 Å². The van der Waals surface area contributed by atoms with Gasteiger partial charge in [0.25, 0.3) is 0 Å². The molecule has 3 aromatic rings. The molecule has 6 nitrogen and oxygen atoms in total. The van der Waals surface area contributed by atoms with Gasteiger partial charge in [-0.15, -0.1) is 24.0 Å². The summed E-state index contributed by atoms with van der Waals surface area (Å²) < 4.78 is 2.03. The van der Waals surface area contributed by atoms with Crippen LogP contribution >= 0.6 is 24.0 Å². The second kappa shape index (κ2) is 12.6. The zero-order valence-corrected chi connectivity index (χ0v) is 21.0. The minimum Gasteiger partial charge on any atom is -0.352 e. The molecule has 0 amide bonds. The topological polar surface area (TPSA) is 57.5 Å². The first-order valence-corrected chi connectivity index (χ1v) is 11.1. The highest BCUT2D eigenvalue weighted by atomic mass is 127. The fraction of sp³-hybridized carbons (Fsp3) is 0.360. The van der Waals surface area contributed by atoms with Gasteiger partial charge in [0.1, 0.15) is 0 Å². The highest BCUT2D eigenvalue weighted by Crippen LogP contribution is 2.15. The molecule has 4 rings (SSSR count). The second-order valence-corrected chi connectivity index (χ2v) is 8.03. The van der Waals surface area contributed by atoms with Crippen molar-refractivity contribution in [1.82, 2.24) is 25.1 Å². The van der Waals surface area contributed by atoms with Crippen LogP contribution in [0.3, 0.4) is 0 Å². The first-order chi connectivity index (χ1) is 15.3. The third-order valence-electron chi connectivity index (χ3n) is 5.78. The fourth-order valence-electron chi connectivity index (χ4n) is 4.04. The van der Waals surface area contributed by atoms with Gasteiger partial charge in [0, 0.05) is 39.1 Å². The average molecular weight is 544 g/mol. The van der Waals surface area contributed by atoms with Crippen LogP contribution in [-0.2, 0) is 19.6 Å². The highest BCUT2D eigenvalue weighted by Gasteiger charge is 2.10. The summed E-state index contributed by atoms with van der Waals surface area (Å²) in [6.45, 7) is 4.95. The van der Waals surface area contributed by atoms with Gasteiger partial charge in [-0.25, -0.2) is 4.98 Å². The van der Waals surface area contributed by atoms with E-state index < -0.39 is 0 Å². The third-order valence-corrected chi connectivity index (χ3v) is 5.78. The van der Waals surface area contributed by atoms with E-state index in [0.29, 0.717) is 6.54 Å². The Labute approximate surface area is 208 Å². The van der Waals surface area contributed by atoms with Crippen LogP contribution in [0.4, 0.5) is 0 Å². The van der Waals surface area contributed by atoms with E-state index in [-0.39, 0.29) is 24.0 Å². The summed E-state index contributed by atoms with van der Waals surface area (Å²) in [6, 6.07) is 17.3. The van der Waals surface area contributed by atoms with Crippen molar-refractivity contribution in [1.29, 1.82) is 0 Å². The van der Waals surface area contributed by atoms with Crippen LogP contribution in [0.5, 0.6) is 0 Å². The molecule has 7 heteroatoms. The molecule has 0 spiro atoms. The monoisotopic (exact) mass is 544 g/mol. The van der Waals surface area contributed by atoms with Crippen molar-refractivity contribution < 1.29 is 0 Å². The lowest BCUT2D eigenvalue weighted by molar-refractivity contribution is 0.221. The maximum Gasteiger partial charge on any atom is 0.191 e. The Morgan fingerprint density at radius 2 is 1.66 bits per heavy atom. The first kappa shape index (κ1) is 24.3. The number of para-hydroxylation sites is 1. The molecule has 1 fully saturated rings. The summed E-state index contributed by atoms with van der Waals surface area (Å²) in [6.07, 6.45) is 9.62. The molecule has 170 valence electrons. The smallest absolute Gasteiger partial charge is 0.191 e. The van der Waals surface area contributed by atoms with Crippen molar-refractivity contribution in [3.05, 3.63) is 83.9 Å². The van der Waals surface area contributed by atoms with Crippen LogP contribution in [0.15, 0.2) is 72.2 Å². The molecule has 1 aliphatic rings. The number of hydrogen-bond donors (Lipinski definition) is 2. The number of imidazole rings is 1. The van der Waals surface area contributed by atoms with Gasteiger partial charge in [-0.3, -0.25) is 9.89 Å². The molecule has 0 unspecified atom stereocenters. The maximum atomic E-state index is 4.37. The number of benzene rings is 2. The Morgan fingerprint density at radius 1 is 0.938 bits per heavy atom. The predicted octanol–water partition coefficient (Wildman–Crippen LogP) is 4.34. The normalized spacial score (nSPS) is 14.6. The van der Waals surface area contributed by atoms with Gasteiger partial charge in [-0.05, 0) is 48.7 Å². The van der Waals surface area contributed by atoms with Gasteiger partial charge in [0.15, 0.2) is 5.96 Å². The van der Waals surface area contributed by atoms with E-state index in [1.54, 1.807) is 13.2 Å². The lowest BCUT2D eigenvalue weighted by Crippen LogP contribution is -2.36. The molecule has 2 aromatic carbocycles. The number of halogens is 1. The Balaban J connectivity index is 0.00000289. The number of guanidine groups is 1. The van der Waals surface area contributed by atoms with Crippen LogP contribution in [0, 0.1) is 0 Å². The summed E-state index contributed by atoms with van der Waals surface area (Å²) in [4.78, 5) is 11.1. The third kappa shape index (κ3) is 6.80. The number of aromatic nitrogens is 2. The van der Waals surface area contributed by atoms with Gasteiger partial charge in [0.2, 0.25) is 0 Å². The molecule has 1 aromatic heterocycles. The lowest BCUT2D eigenvalue weighted by Gasteiger charge is -2.26. The highest BCUT2D eigenvalue weighted by molar-refractivity contribution is 14.0. The van der Waals surface area contributed by atoms with Crippen molar-refractivity contribution in [2.75, 3.05) is 20.1 Å². The summed E-state index contributed by atoms with van der Waals surface area (Å²) in [5, 5.41) is 6.84. The number of likely N-dealkylation sites (tertiary alicyclic amines) is 1. The summed E-state index contributed by atoms with van der Waals surface area (Å²) in [7, 11) is 1.80. The Morgan fingerprint density at radius 3 is 2.38 bits per heavy atom. The fourth-order valence-corrected chi connectivity index (χ4v) is 4.04. The molecular formula is C25H33IN6. The predicted molar refractivity (Wildman–Crippen MR) is 142 cm³/mol. The van der Waals surface area contributed by atoms with Crippen LogP contribution in [0.2, 0.25) is 0 Å². The zero-order valence-electron chi connectivity index (χ0n) is 18.7. The number of nitrogens with one attached hydrogen (secondary N) is 2. The standard InChI is InChI=1S/C25H32N6.HI/c1-26-25(29-18-23-7-3-4-8-24(23)31-16-13-27-20-31)28-17-21-9-11-22(12-10-21)19-30-14-5-2-6-15-30;/h3-4,7-13,16,20H,2,5-6,14-15,17-19H2,1H3,(H2,26,28,29);1H. The number of aliphatic imine (C=N–C) groups is 1. The van der Waals surface area contributed by atoms with Crippen LogP contribution in [0.1, 0.15) is 36.0 Å². The minimum atomic E-state index is 0. The lowest BCUT2D eigenvalue weighted by atomic mass is 10.1. The van der Waals surface area contributed by atoms with E-state index in [1.807, 2.05) is 23.2 Å². The SMILES string of the molecule is CN=C(NCc1ccc(CN2CCCCC2)cc1)NCc1ccccc1-n1ccnc1.I. The Bertz CT molecular complexity index is 962. The van der Waals surface area contributed by atoms with Crippen molar-refractivity contribution >= 4 is 29.9 Å². The van der Waals surface area contributed by atoms with Crippen molar-refractivity contribution in [3.8, 4) is 5.69 Å². The molecule has 32 heavy (non-hydrogen) atoms. The van der Waals surface area contributed by atoms with Crippen molar-refractivity contribution in [3.63, 3.8) is 0 Å².